The molecule has 0 heteroatoms. The lowest BCUT2D eigenvalue weighted by Crippen LogP contribution is -2.64. The van der Waals surface area contributed by atoms with E-state index in [1.165, 1.54) is 11.8 Å². The fourth-order valence-corrected chi connectivity index (χ4v) is 9.66. The summed E-state index contributed by atoms with van der Waals surface area (Å²) in [6.45, 7) is 8.02. The predicted octanol–water partition coefficient (Wildman–Crippen LogP) is 4.35. The Kier molecular flexibility index (Phi) is 1.23. The van der Waals surface area contributed by atoms with Crippen LogP contribution in [0.25, 0.3) is 0 Å². The van der Waals surface area contributed by atoms with E-state index >= 15 is 0 Å². The van der Waals surface area contributed by atoms with Crippen molar-refractivity contribution in [1.82, 2.24) is 0 Å². The van der Waals surface area contributed by atoms with E-state index in [-0.39, 0.29) is 0 Å². The maximum atomic E-state index is 2.71. The summed E-state index contributed by atoms with van der Waals surface area (Å²) in [4.78, 5) is 0. The van der Waals surface area contributed by atoms with E-state index in [0.29, 0.717) is 0 Å². The molecule has 6 bridgehead atoms. The molecule has 6 rings (SSSR count). The first-order valence-electron chi connectivity index (χ1n) is 8.50. The standard InChI is InChI=1S/C18H26/c1-9-15-10-4-13-11-6-16(2)7-18(15,8-17(9,13)3)14(10)5-12(11)16/h9-15H,4-8H2,1-3H3. The van der Waals surface area contributed by atoms with Crippen molar-refractivity contribution >= 4 is 0 Å². The molecule has 6 aliphatic carbocycles. The van der Waals surface area contributed by atoms with Crippen LogP contribution in [0.5, 0.6) is 0 Å². The van der Waals surface area contributed by atoms with E-state index in [1.54, 1.807) is 32.1 Å². The molecule has 1 spiro atoms. The molecule has 0 heterocycles. The van der Waals surface area contributed by atoms with Gasteiger partial charge >= 0.3 is 0 Å². The minimum atomic E-state index is 0.751. The molecule has 0 nitrogen and oxygen atoms in total. The van der Waals surface area contributed by atoms with Crippen LogP contribution in [0.2, 0.25) is 0 Å². The minimum Gasteiger partial charge on any atom is -0.0617 e. The molecule has 98 valence electrons. The first kappa shape index (κ1) is 9.83. The molecule has 6 aliphatic rings. The largest absolute Gasteiger partial charge is 0.0617 e. The zero-order valence-corrected chi connectivity index (χ0v) is 12.1. The lowest BCUT2D eigenvalue weighted by molar-refractivity contribution is -0.220. The van der Waals surface area contributed by atoms with Gasteiger partial charge in [-0.3, -0.25) is 0 Å². The SMILES string of the molecule is CC1C2C3CC4C5CC6(C)CC2(CC14C)C3CC56. The molecule has 0 aromatic carbocycles. The van der Waals surface area contributed by atoms with E-state index in [4.69, 9.17) is 0 Å². The fourth-order valence-electron chi connectivity index (χ4n) is 9.66. The number of hydrogen-bond acceptors (Lipinski definition) is 0. The molecule has 6 fully saturated rings. The summed E-state index contributed by atoms with van der Waals surface area (Å²) in [6.07, 6.45) is 8.19. The maximum absolute atomic E-state index is 2.71. The van der Waals surface area contributed by atoms with Gasteiger partial charge in [0.2, 0.25) is 0 Å². The van der Waals surface area contributed by atoms with Crippen molar-refractivity contribution in [2.75, 3.05) is 0 Å². The van der Waals surface area contributed by atoms with Crippen molar-refractivity contribution in [1.29, 1.82) is 0 Å². The summed E-state index contributed by atoms with van der Waals surface area (Å²) in [7, 11) is 0. The molecule has 0 N–H and O–H groups in total. The molecule has 0 radical (unpaired) electrons. The first-order chi connectivity index (χ1) is 8.50. The zero-order chi connectivity index (χ0) is 12.1. The van der Waals surface area contributed by atoms with Crippen LogP contribution < -0.4 is 0 Å². The van der Waals surface area contributed by atoms with Gasteiger partial charge < -0.3 is 0 Å². The molecule has 6 saturated carbocycles. The van der Waals surface area contributed by atoms with E-state index in [0.717, 1.165) is 45.8 Å². The van der Waals surface area contributed by atoms with Crippen molar-refractivity contribution in [3.8, 4) is 0 Å². The van der Waals surface area contributed by atoms with Crippen LogP contribution in [-0.4, -0.2) is 0 Å². The average Bonchev–Trinajstić information content (AvgIpc) is 2.37. The van der Waals surface area contributed by atoms with Crippen molar-refractivity contribution in [3.05, 3.63) is 0 Å². The highest BCUT2D eigenvalue weighted by atomic mass is 14.9. The normalized spacial score (nSPS) is 81.2. The molecule has 18 heavy (non-hydrogen) atoms. The van der Waals surface area contributed by atoms with Gasteiger partial charge in [-0.2, -0.15) is 0 Å². The van der Waals surface area contributed by atoms with Gasteiger partial charge in [0.25, 0.3) is 0 Å². The zero-order valence-electron chi connectivity index (χ0n) is 12.1. The van der Waals surface area contributed by atoms with Crippen LogP contribution in [0.15, 0.2) is 0 Å². The van der Waals surface area contributed by atoms with Crippen LogP contribution in [0.4, 0.5) is 0 Å². The highest BCUT2D eigenvalue weighted by molar-refractivity contribution is 5.31. The average molecular weight is 242 g/mol. The Morgan fingerprint density at radius 3 is 2.56 bits per heavy atom. The smallest absolute Gasteiger partial charge is 0.0222 e. The van der Waals surface area contributed by atoms with Crippen LogP contribution in [-0.2, 0) is 0 Å². The number of hydrogen-bond donors (Lipinski definition) is 0. The third-order valence-corrected chi connectivity index (χ3v) is 9.91. The van der Waals surface area contributed by atoms with E-state index in [2.05, 4.69) is 20.8 Å². The van der Waals surface area contributed by atoms with Crippen LogP contribution >= 0.6 is 0 Å². The summed E-state index contributed by atoms with van der Waals surface area (Å²) in [5, 5.41) is 0. The highest BCUT2D eigenvalue weighted by Crippen LogP contribution is 2.89. The van der Waals surface area contributed by atoms with Crippen LogP contribution in [0, 0.1) is 57.7 Å². The third kappa shape index (κ3) is 0.640. The quantitative estimate of drug-likeness (QED) is 0.592. The van der Waals surface area contributed by atoms with Gasteiger partial charge in [-0.25, -0.2) is 0 Å². The summed E-state index contributed by atoms with van der Waals surface area (Å²) in [5.74, 6) is 7.99. The second-order valence-corrected chi connectivity index (χ2v) is 9.88. The second kappa shape index (κ2) is 2.25. The minimum absolute atomic E-state index is 0.751. The number of fused-ring (bicyclic) bond motifs is 4. The first-order valence-corrected chi connectivity index (χ1v) is 8.50. The van der Waals surface area contributed by atoms with Gasteiger partial charge in [0, 0.05) is 0 Å². The molecular formula is C18H26. The molecular weight excluding hydrogens is 216 g/mol. The molecule has 10 atom stereocenters. The lowest BCUT2D eigenvalue weighted by atomic mass is 9.34. The second-order valence-electron chi connectivity index (χ2n) is 9.88. The van der Waals surface area contributed by atoms with E-state index in [9.17, 15) is 0 Å². The Morgan fingerprint density at radius 2 is 1.72 bits per heavy atom. The van der Waals surface area contributed by atoms with Crippen molar-refractivity contribution in [3.63, 3.8) is 0 Å². The molecule has 0 saturated heterocycles. The summed E-state index contributed by atoms with van der Waals surface area (Å²) < 4.78 is 0. The van der Waals surface area contributed by atoms with E-state index < -0.39 is 0 Å². The molecule has 0 aliphatic heterocycles. The Bertz CT molecular complexity index is 480. The summed E-state index contributed by atoms with van der Waals surface area (Å²) in [6, 6.07) is 0. The van der Waals surface area contributed by atoms with Gasteiger partial charge in [0.15, 0.2) is 0 Å². The molecule has 0 aromatic heterocycles. The molecule has 0 aromatic rings. The highest BCUT2D eigenvalue weighted by Gasteiger charge is 2.82. The topological polar surface area (TPSA) is 0 Å². The van der Waals surface area contributed by atoms with Crippen molar-refractivity contribution in [2.24, 2.45) is 57.7 Å². The summed E-state index contributed by atoms with van der Waals surface area (Å²) in [5.41, 5.74) is 2.39. The summed E-state index contributed by atoms with van der Waals surface area (Å²) >= 11 is 0. The Labute approximate surface area is 111 Å². The Hall–Kier alpha value is 0. The van der Waals surface area contributed by atoms with Crippen molar-refractivity contribution < 1.29 is 0 Å². The van der Waals surface area contributed by atoms with Gasteiger partial charge in [0.05, 0.1) is 0 Å². The van der Waals surface area contributed by atoms with E-state index in [1.807, 2.05) is 0 Å². The fraction of sp³-hybridized carbons (Fsp3) is 1.00. The van der Waals surface area contributed by atoms with Gasteiger partial charge in [-0.05, 0) is 89.8 Å². The monoisotopic (exact) mass is 242 g/mol. The van der Waals surface area contributed by atoms with Gasteiger partial charge in [0.1, 0.15) is 0 Å². The lowest BCUT2D eigenvalue weighted by Gasteiger charge is -2.70. The Balaban J connectivity index is 1.67. The van der Waals surface area contributed by atoms with Gasteiger partial charge in [-0.15, -0.1) is 0 Å². The van der Waals surface area contributed by atoms with Crippen LogP contribution in [0.3, 0.4) is 0 Å². The molecule has 10 unspecified atom stereocenters. The predicted molar refractivity (Wildman–Crippen MR) is 71.8 cm³/mol. The van der Waals surface area contributed by atoms with Gasteiger partial charge in [-0.1, -0.05) is 20.8 Å². The third-order valence-electron chi connectivity index (χ3n) is 9.91. The van der Waals surface area contributed by atoms with Crippen molar-refractivity contribution in [2.45, 2.75) is 52.9 Å². The molecule has 0 amide bonds. The van der Waals surface area contributed by atoms with Crippen LogP contribution in [0.1, 0.15) is 52.9 Å². The number of rotatable bonds is 0. The Morgan fingerprint density at radius 1 is 0.889 bits per heavy atom. The maximum Gasteiger partial charge on any atom is -0.0222 e.